The summed E-state index contributed by atoms with van der Waals surface area (Å²) in [6.07, 6.45) is 0. The van der Waals surface area contributed by atoms with Crippen molar-refractivity contribution in [1.82, 2.24) is 4.57 Å². The van der Waals surface area contributed by atoms with Gasteiger partial charge in [0.15, 0.2) is 0 Å². The summed E-state index contributed by atoms with van der Waals surface area (Å²) in [7, 11) is 0. The first-order chi connectivity index (χ1) is 12.7. The molecule has 3 aromatic carbocycles. The topological polar surface area (TPSA) is 4.93 Å². The smallest absolute Gasteiger partial charge is 0.0538 e. The molecular formula is C24H18BrN. The van der Waals surface area contributed by atoms with Crippen LogP contribution >= 0.6 is 15.9 Å². The number of halogens is 1. The molecule has 4 aromatic rings. The van der Waals surface area contributed by atoms with Crippen molar-refractivity contribution in [1.29, 1.82) is 0 Å². The lowest BCUT2D eigenvalue weighted by atomic mass is 9.94. The van der Waals surface area contributed by atoms with Gasteiger partial charge in [0.05, 0.1) is 5.69 Å². The minimum Gasteiger partial charge on any atom is -0.312 e. The molecule has 0 saturated carbocycles. The number of benzene rings is 3. The van der Waals surface area contributed by atoms with Crippen molar-refractivity contribution in [3.8, 4) is 28.1 Å². The zero-order chi connectivity index (χ0) is 17.7. The summed E-state index contributed by atoms with van der Waals surface area (Å²) in [6, 6.07) is 30.4. The molecule has 0 bridgehead atoms. The van der Waals surface area contributed by atoms with E-state index in [9.17, 15) is 0 Å². The average Bonchev–Trinajstić information content (AvgIpc) is 3.20. The summed E-state index contributed by atoms with van der Waals surface area (Å²) in [5.74, 6) is 0.357. The van der Waals surface area contributed by atoms with Crippen LogP contribution in [0.15, 0.2) is 89.4 Å². The predicted molar refractivity (Wildman–Crippen MR) is 112 cm³/mol. The maximum atomic E-state index is 3.64. The number of hydrogen-bond acceptors (Lipinski definition) is 0. The molecule has 1 aliphatic heterocycles. The fourth-order valence-electron chi connectivity index (χ4n) is 4.11. The molecule has 2 heterocycles. The number of fused-ring (bicyclic) bond motifs is 3. The Balaban J connectivity index is 1.84. The SMILES string of the molecule is CC1c2cc(Br)ccc2-n2c(-c3ccccc3)cc(-c3ccccc3)c21. The van der Waals surface area contributed by atoms with Crippen molar-refractivity contribution in [3.05, 3.63) is 101 Å². The van der Waals surface area contributed by atoms with Crippen LogP contribution in [-0.4, -0.2) is 4.57 Å². The number of nitrogens with zero attached hydrogens (tertiary/aromatic N) is 1. The molecule has 0 radical (unpaired) electrons. The van der Waals surface area contributed by atoms with E-state index in [1.54, 1.807) is 0 Å². The highest BCUT2D eigenvalue weighted by atomic mass is 79.9. The molecule has 1 nitrogen and oxygen atoms in total. The van der Waals surface area contributed by atoms with E-state index in [1.165, 1.54) is 39.3 Å². The van der Waals surface area contributed by atoms with Crippen molar-refractivity contribution in [3.63, 3.8) is 0 Å². The van der Waals surface area contributed by atoms with Crippen molar-refractivity contribution in [2.75, 3.05) is 0 Å². The Hall–Kier alpha value is -2.58. The summed E-state index contributed by atoms with van der Waals surface area (Å²) in [6.45, 7) is 2.31. The van der Waals surface area contributed by atoms with Crippen LogP contribution in [0.1, 0.15) is 24.1 Å². The third-order valence-corrected chi connectivity index (χ3v) is 5.79. The summed E-state index contributed by atoms with van der Waals surface area (Å²) < 4.78 is 3.58. The largest absolute Gasteiger partial charge is 0.312 e. The molecule has 1 aliphatic rings. The van der Waals surface area contributed by atoms with Gasteiger partial charge in [-0.3, -0.25) is 0 Å². The van der Waals surface area contributed by atoms with Gasteiger partial charge >= 0.3 is 0 Å². The Bertz CT molecular complexity index is 1090. The second-order valence-corrected chi connectivity index (χ2v) is 7.74. The number of hydrogen-bond donors (Lipinski definition) is 0. The molecule has 0 aliphatic carbocycles. The van der Waals surface area contributed by atoms with E-state index >= 15 is 0 Å². The van der Waals surface area contributed by atoms with Gasteiger partial charge in [-0.15, -0.1) is 0 Å². The fourth-order valence-corrected chi connectivity index (χ4v) is 4.48. The second kappa shape index (κ2) is 6.00. The second-order valence-electron chi connectivity index (χ2n) is 6.82. The molecule has 26 heavy (non-hydrogen) atoms. The van der Waals surface area contributed by atoms with Gasteiger partial charge in [0.1, 0.15) is 0 Å². The van der Waals surface area contributed by atoms with Crippen LogP contribution < -0.4 is 0 Å². The lowest BCUT2D eigenvalue weighted by Gasteiger charge is -2.09. The van der Waals surface area contributed by atoms with Gasteiger partial charge in [-0.25, -0.2) is 0 Å². The van der Waals surface area contributed by atoms with E-state index in [2.05, 4.69) is 112 Å². The third kappa shape index (κ3) is 2.29. The van der Waals surface area contributed by atoms with Crippen molar-refractivity contribution < 1.29 is 0 Å². The molecule has 0 N–H and O–H groups in total. The van der Waals surface area contributed by atoms with Crippen LogP contribution in [0.3, 0.4) is 0 Å². The monoisotopic (exact) mass is 399 g/mol. The molecule has 1 aromatic heterocycles. The molecular weight excluding hydrogens is 382 g/mol. The van der Waals surface area contributed by atoms with Crippen LogP contribution in [0, 0.1) is 0 Å². The number of aromatic nitrogens is 1. The van der Waals surface area contributed by atoms with Crippen molar-refractivity contribution in [2.24, 2.45) is 0 Å². The first kappa shape index (κ1) is 15.7. The molecule has 2 heteroatoms. The van der Waals surface area contributed by atoms with E-state index in [1.807, 2.05) is 0 Å². The third-order valence-electron chi connectivity index (χ3n) is 5.30. The highest BCUT2D eigenvalue weighted by Gasteiger charge is 2.31. The van der Waals surface area contributed by atoms with Gasteiger partial charge in [-0.2, -0.15) is 0 Å². The molecule has 1 unspecified atom stereocenters. The first-order valence-corrected chi connectivity index (χ1v) is 9.69. The Morgan fingerprint density at radius 1 is 0.769 bits per heavy atom. The lowest BCUT2D eigenvalue weighted by molar-refractivity contribution is 0.913. The highest BCUT2D eigenvalue weighted by Crippen LogP contribution is 2.47. The van der Waals surface area contributed by atoms with Gasteiger partial charge in [0, 0.05) is 27.3 Å². The Labute approximate surface area is 162 Å². The van der Waals surface area contributed by atoms with Crippen LogP contribution in [0.25, 0.3) is 28.1 Å². The quantitative estimate of drug-likeness (QED) is 0.340. The maximum absolute atomic E-state index is 3.64. The van der Waals surface area contributed by atoms with E-state index < -0.39 is 0 Å². The summed E-state index contributed by atoms with van der Waals surface area (Å²) in [4.78, 5) is 0. The Kier molecular flexibility index (Phi) is 3.61. The molecule has 0 fully saturated rings. The number of rotatable bonds is 2. The van der Waals surface area contributed by atoms with E-state index in [0.29, 0.717) is 5.92 Å². The molecule has 0 saturated heterocycles. The lowest BCUT2D eigenvalue weighted by Crippen LogP contribution is -1.96. The van der Waals surface area contributed by atoms with Gasteiger partial charge < -0.3 is 4.57 Å². The van der Waals surface area contributed by atoms with Gasteiger partial charge in [-0.1, -0.05) is 83.5 Å². The van der Waals surface area contributed by atoms with Crippen LogP contribution in [0.5, 0.6) is 0 Å². The molecule has 1 atom stereocenters. The average molecular weight is 400 g/mol. The van der Waals surface area contributed by atoms with Crippen LogP contribution in [0.2, 0.25) is 0 Å². The predicted octanol–water partition coefficient (Wildman–Crippen LogP) is 7.04. The first-order valence-electron chi connectivity index (χ1n) is 8.90. The Morgan fingerprint density at radius 3 is 2.12 bits per heavy atom. The van der Waals surface area contributed by atoms with E-state index in [0.717, 1.165) is 4.47 Å². The highest BCUT2D eigenvalue weighted by molar-refractivity contribution is 9.10. The maximum Gasteiger partial charge on any atom is 0.0538 e. The molecule has 0 spiro atoms. The summed E-state index contributed by atoms with van der Waals surface area (Å²) in [5.41, 5.74) is 9.15. The molecule has 0 amide bonds. The van der Waals surface area contributed by atoms with Crippen molar-refractivity contribution in [2.45, 2.75) is 12.8 Å². The fraction of sp³-hybridized carbons (Fsp3) is 0.0833. The van der Waals surface area contributed by atoms with Crippen LogP contribution in [0.4, 0.5) is 0 Å². The summed E-state index contributed by atoms with van der Waals surface area (Å²) >= 11 is 3.64. The van der Waals surface area contributed by atoms with E-state index in [4.69, 9.17) is 0 Å². The zero-order valence-electron chi connectivity index (χ0n) is 14.5. The van der Waals surface area contributed by atoms with Gasteiger partial charge in [-0.05, 0) is 41.0 Å². The zero-order valence-corrected chi connectivity index (χ0v) is 16.1. The minimum absolute atomic E-state index is 0.357. The van der Waals surface area contributed by atoms with E-state index in [-0.39, 0.29) is 0 Å². The molecule has 126 valence electrons. The van der Waals surface area contributed by atoms with Gasteiger partial charge in [0.2, 0.25) is 0 Å². The molecule has 5 rings (SSSR count). The normalized spacial score (nSPS) is 14.9. The standard InChI is InChI=1S/C24H18BrN/c1-16-20-14-19(25)12-13-22(20)26-23(18-10-6-3-7-11-18)15-21(24(16)26)17-8-4-2-5-9-17/h2-16H,1H3. The van der Waals surface area contributed by atoms with Crippen molar-refractivity contribution >= 4 is 15.9 Å². The van der Waals surface area contributed by atoms with Gasteiger partial charge in [0.25, 0.3) is 0 Å². The van der Waals surface area contributed by atoms with Crippen LogP contribution in [-0.2, 0) is 0 Å². The Morgan fingerprint density at radius 2 is 1.42 bits per heavy atom. The summed E-state index contributed by atoms with van der Waals surface area (Å²) in [5, 5.41) is 0. The minimum atomic E-state index is 0.357.